The molecule has 4 nitrogen and oxygen atoms in total. The molecule has 0 aliphatic heterocycles. The van der Waals surface area contributed by atoms with E-state index in [1.54, 1.807) is 7.11 Å². The average Bonchev–Trinajstić information content (AvgIpc) is 3.00. The first-order chi connectivity index (χ1) is 12.3. The minimum Gasteiger partial charge on any atom is -0.378 e. The molecule has 0 saturated heterocycles. The predicted octanol–water partition coefficient (Wildman–Crippen LogP) is 4.52. The monoisotopic (exact) mass is 329 g/mol. The first-order valence-electron chi connectivity index (χ1n) is 8.27. The van der Waals surface area contributed by atoms with Gasteiger partial charge in [-0.15, -0.1) is 0 Å². The van der Waals surface area contributed by atoms with Gasteiger partial charge in [0.1, 0.15) is 0 Å². The van der Waals surface area contributed by atoms with Gasteiger partial charge in [-0.1, -0.05) is 60.7 Å². The zero-order valence-electron chi connectivity index (χ0n) is 14.3. The Balaban J connectivity index is 2.05. The summed E-state index contributed by atoms with van der Waals surface area (Å²) in [7, 11) is 1.69. The molecule has 124 valence electrons. The van der Waals surface area contributed by atoms with Crippen LogP contribution in [0.15, 0.2) is 66.7 Å². The lowest BCUT2D eigenvalue weighted by atomic mass is 10.1. The summed E-state index contributed by atoms with van der Waals surface area (Å²) in [6.45, 7) is 2.46. The first kappa shape index (κ1) is 15.5. The molecule has 0 aliphatic rings. The van der Waals surface area contributed by atoms with Gasteiger partial charge in [0.05, 0.1) is 23.6 Å². The largest absolute Gasteiger partial charge is 0.378 e. The molecular formula is C21H19N3O. The molecule has 4 heteroatoms. The number of hydrogen-bond donors (Lipinski definition) is 0. The summed E-state index contributed by atoms with van der Waals surface area (Å²) in [6.07, 6.45) is 0. The van der Waals surface area contributed by atoms with E-state index in [0.717, 1.165) is 39.4 Å². The third-order valence-corrected chi connectivity index (χ3v) is 4.20. The lowest BCUT2D eigenvalue weighted by molar-refractivity contribution is 0.181. The minimum atomic E-state index is 0.445. The van der Waals surface area contributed by atoms with Crippen LogP contribution in [0, 0.1) is 6.92 Å². The molecule has 0 atom stereocenters. The van der Waals surface area contributed by atoms with E-state index in [-0.39, 0.29) is 0 Å². The first-order valence-corrected chi connectivity index (χ1v) is 8.27. The normalized spacial score (nSPS) is 11.1. The van der Waals surface area contributed by atoms with Crippen LogP contribution in [0.3, 0.4) is 0 Å². The molecule has 2 aromatic carbocycles. The van der Waals surface area contributed by atoms with Crippen LogP contribution in [0.25, 0.3) is 28.0 Å². The second-order valence-electron chi connectivity index (χ2n) is 6.00. The van der Waals surface area contributed by atoms with Crippen molar-refractivity contribution in [2.75, 3.05) is 7.11 Å². The van der Waals surface area contributed by atoms with Crippen molar-refractivity contribution in [1.29, 1.82) is 0 Å². The maximum Gasteiger partial charge on any atom is 0.164 e. The van der Waals surface area contributed by atoms with Gasteiger partial charge in [-0.25, -0.2) is 9.50 Å². The zero-order chi connectivity index (χ0) is 17.2. The van der Waals surface area contributed by atoms with Gasteiger partial charge in [-0.3, -0.25) is 0 Å². The van der Waals surface area contributed by atoms with Crippen molar-refractivity contribution in [3.8, 4) is 22.4 Å². The lowest BCUT2D eigenvalue weighted by Crippen LogP contribution is -1.98. The van der Waals surface area contributed by atoms with E-state index >= 15 is 0 Å². The molecule has 0 aliphatic carbocycles. The molecule has 0 N–H and O–H groups in total. The van der Waals surface area contributed by atoms with Gasteiger partial charge in [0, 0.05) is 18.4 Å². The summed E-state index contributed by atoms with van der Waals surface area (Å²) in [6, 6.07) is 22.6. The van der Waals surface area contributed by atoms with Crippen molar-refractivity contribution in [1.82, 2.24) is 14.6 Å². The summed E-state index contributed by atoms with van der Waals surface area (Å²) in [4.78, 5) is 4.79. The number of rotatable bonds is 4. The number of hydrogen-bond acceptors (Lipinski definition) is 3. The molecule has 2 aromatic heterocycles. The smallest absolute Gasteiger partial charge is 0.164 e. The van der Waals surface area contributed by atoms with Crippen molar-refractivity contribution in [3.05, 3.63) is 78.1 Å². The Morgan fingerprint density at radius 2 is 1.56 bits per heavy atom. The van der Waals surface area contributed by atoms with Crippen LogP contribution in [-0.2, 0) is 11.3 Å². The number of benzene rings is 2. The number of aromatic nitrogens is 3. The molecule has 0 bridgehead atoms. The highest BCUT2D eigenvalue weighted by Gasteiger charge is 2.18. The van der Waals surface area contributed by atoms with E-state index in [1.165, 1.54) is 0 Å². The predicted molar refractivity (Wildman–Crippen MR) is 99.3 cm³/mol. The van der Waals surface area contributed by atoms with Crippen molar-refractivity contribution >= 4 is 5.65 Å². The van der Waals surface area contributed by atoms with Crippen LogP contribution >= 0.6 is 0 Å². The molecular weight excluding hydrogens is 310 g/mol. The molecule has 4 aromatic rings. The van der Waals surface area contributed by atoms with Gasteiger partial charge in [-0.05, 0) is 18.6 Å². The standard InChI is InChI=1S/C21H19N3O/c1-15-13-19(16-9-5-3-6-10-16)24-21(22-15)20(18(23-24)14-25-2)17-11-7-4-8-12-17/h3-13H,14H2,1-2H3. The Hall–Kier alpha value is -2.98. The number of fused-ring (bicyclic) bond motifs is 1. The summed E-state index contributed by atoms with van der Waals surface area (Å²) in [5, 5.41) is 4.83. The molecule has 0 fully saturated rings. The molecule has 25 heavy (non-hydrogen) atoms. The van der Waals surface area contributed by atoms with Crippen molar-refractivity contribution < 1.29 is 4.74 Å². The molecule has 0 amide bonds. The van der Waals surface area contributed by atoms with Crippen LogP contribution < -0.4 is 0 Å². The third kappa shape index (κ3) is 2.81. The highest BCUT2D eigenvalue weighted by atomic mass is 16.5. The Bertz CT molecular complexity index is 1010. The lowest BCUT2D eigenvalue weighted by Gasteiger charge is -2.07. The van der Waals surface area contributed by atoms with Crippen LogP contribution in [0.5, 0.6) is 0 Å². The third-order valence-electron chi connectivity index (χ3n) is 4.20. The minimum absolute atomic E-state index is 0.445. The van der Waals surface area contributed by atoms with Gasteiger partial charge in [-0.2, -0.15) is 5.10 Å². The van der Waals surface area contributed by atoms with Gasteiger partial charge < -0.3 is 4.74 Å². The van der Waals surface area contributed by atoms with E-state index in [2.05, 4.69) is 30.3 Å². The van der Waals surface area contributed by atoms with Gasteiger partial charge in [0.2, 0.25) is 0 Å². The topological polar surface area (TPSA) is 39.4 Å². The molecule has 4 rings (SSSR count). The van der Waals surface area contributed by atoms with Crippen molar-refractivity contribution in [2.45, 2.75) is 13.5 Å². The average molecular weight is 329 g/mol. The highest BCUT2D eigenvalue weighted by molar-refractivity contribution is 5.81. The van der Waals surface area contributed by atoms with Gasteiger partial charge >= 0.3 is 0 Å². The number of nitrogens with zero attached hydrogens (tertiary/aromatic N) is 3. The Labute approximate surface area is 146 Å². The van der Waals surface area contributed by atoms with Gasteiger partial charge in [0.15, 0.2) is 5.65 Å². The highest BCUT2D eigenvalue weighted by Crippen LogP contribution is 2.31. The van der Waals surface area contributed by atoms with E-state index < -0.39 is 0 Å². The second kappa shape index (κ2) is 6.49. The zero-order valence-corrected chi connectivity index (χ0v) is 14.3. The van der Waals surface area contributed by atoms with E-state index in [0.29, 0.717) is 6.61 Å². The number of aryl methyl sites for hydroxylation is 1. The number of ether oxygens (including phenoxy) is 1. The summed E-state index contributed by atoms with van der Waals surface area (Å²) < 4.78 is 7.32. The summed E-state index contributed by atoms with van der Waals surface area (Å²) >= 11 is 0. The van der Waals surface area contributed by atoms with Crippen molar-refractivity contribution in [2.24, 2.45) is 0 Å². The fourth-order valence-corrected chi connectivity index (χ4v) is 3.14. The number of methoxy groups -OCH3 is 1. The van der Waals surface area contributed by atoms with E-state index in [1.807, 2.05) is 47.8 Å². The van der Waals surface area contributed by atoms with Crippen molar-refractivity contribution in [3.63, 3.8) is 0 Å². The molecule has 2 heterocycles. The molecule has 0 saturated carbocycles. The summed E-state index contributed by atoms with van der Waals surface area (Å²) in [5.41, 5.74) is 6.99. The Morgan fingerprint density at radius 3 is 2.20 bits per heavy atom. The van der Waals surface area contributed by atoms with E-state index in [4.69, 9.17) is 14.8 Å². The second-order valence-corrected chi connectivity index (χ2v) is 6.00. The summed E-state index contributed by atoms with van der Waals surface area (Å²) in [5.74, 6) is 0. The molecule has 0 radical (unpaired) electrons. The Morgan fingerprint density at radius 1 is 0.920 bits per heavy atom. The fraction of sp³-hybridized carbons (Fsp3) is 0.143. The van der Waals surface area contributed by atoms with Crippen LogP contribution in [0.2, 0.25) is 0 Å². The SMILES string of the molecule is COCc1nn2c(-c3ccccc3)cc(C)nc2c1-c1ccccc1. The van der Waals surface area contributed by atoms with Crippen LogP contribution in [0.4, 0.5) is 0 Å². The quantitative estimate of drug-likeness (QED) is 0.553. The van der Waals surface area contributed by atoms with Gasteiger partial charge in [0.25, 0.3) is 0 Å². The van der Waals surface area contributed by atoms with Crippen LogP contribution in [-0.4, -0.2) is 21.7 Å². The maximum atomic E-state index is 5.39. The van der Waals surface area contributed by atoms with E-state index in [9.17, 15) is 0 Å². The van der Waals surface area contributed by atoms with Crippen LogP contribution in [0.1, 0.15) is 11.4 Å². The fourth-order valence-electron chi connectivity index (χ4n) is 3.14. The molecule has 0 unspecified atom stereocenters. The Kier molecular flexibility index (Phi) is 4.04. The molecule has 0 spiro atoms. The maximum absolute atomic E-state index is 5.39.